The first kappa shape index (κ1) is 15.1. The van der Waals surface area contributed by atoms with Gasteiger partial charge in [0.2, 0.25) is 0 Å². The zero-order chi connectivity index (χ0) is 14.4. The van der Waals surface area contributed by atoms with Gasteiger partial charge in [-0.05, 0) is 24.0 Å². The Kier molecular flexibility index (Phi) is 5.63. The molecular weight excluding hydrogens is 291 g/mol. The molecule has 1 nitrogen and oxygen atoms in total. The van der Waals surface area contributed by atoms with Crippen LogP contribution in [0.25, 0.3) is 0 Å². The number of alkyl halides is 2. The lowest BCUT2D eigenvalue weighted by molar-refractivity contribution is -0.118. The van der Waals surface area contributed by atoms with Crippen molar-refractivity contribution in [2.75, 3.05) is 0 Å². The second-order valence-corrected chi connectivity index (χ2v) is 5.77. The minimum Gasteiger partial charge on any atom is -0.296 e. The Morgan fingerprint density at radius 2 is 1.10 bits per heavy atom. The molecule has 0 aliphatic heterocycles. The lowest BCUT2D eigenvalue weighted by Gasteiger charge is -2.13. The van der Waals surface area contributed by atoms with Crippen LogP contribution < -0.4 is 0 Å². The predicted octanol–water partition coefficient (Wildman–Crippen LogP) is 4.26. The van der Waals surface area contributed by atoms with Gasteiger partial charge in [0.05, 0.1) is 10.8 Å². The van der Waals surface area contributed by atoms with Gasteiger partial charge in [-0.3, -0.25) is 4.79 Å². The van der Waals surface area contributed by atoms with Crippen LogP contribution >= 0.6 is 23.2 Å². The van der Waals surface area contributed by atoms with E-state index in [9.17, 15) is 4.79 Å². The van der Waals surface area contributed by atoms with Crippen molar-refractivity contribution in [1.82, 2.24) is 0 Å². The number of benzene rings is 2. The predicted molar refractivity (Wildman–Crippen MR) is 84.6 cm³/mol. The van der Waals surface area contributed by atoms with E-state index in [0.29, 0.717) is 12.8 Å². The zero-order valence-corrected chi connectivity index (χ0v) is 12.5. The molecule has 2 aromatic rings. The van der Waals surface area contributed by atoms with Gasteiger partial charge in [0.1, 0.15) is 0 Å². The summed E-state index contributed by atoms with van der Waals surface area (Å²) in [6.45, 7) is 0. The maximum Gasteiger partial charge on any atom is 0.169 e. The van der Waals surface area contributed by atoms with E-state index in [4.69, 9.17) is 23.2 Å². The molecule has 0 bridgehead atoms. The van der Waals surface area contributed by atoms with Crippen LogP contribution in [0.5, 0.6) is 0 Å². The molecule has 0 fully saturated rings. The van der Waals surface area contributed by atoms with Crippen molar-refractivity contribution in [3.8, 4) is 0 Å². The second-order valence-electron chi connectivity index (χ2n) is 4.72. The van der Waals surface area contributed by atoms with Crippen LogP contribution in [0.1, 0.15) is 11.1 Å². The van der Waals surface area contributed by atoms with Gasteiger partial charge in [0.25, 0.3) is 0 Å². The van der Waals surface area contributed by atoms with E-state index >= 15 is 0 Å². The minimum absolute atomic E-state index is 0.110. The molecule has 0 saturated carbocycles. The molecule has 2 aromatic carbocycles. The van der Waals surface area contributed by atoms with Crippen LogP contribution in [-0.4, -0.2) is 16.5 Å². The minimum atomic E-state index is -0.580. The number of rotatable bonds is 6. The van der Waals surface area contributed by atoms with Gasteiger partial charge < -0.3 is 0 Å². The highest BCUT2D eigenvalue weighted by molar-refractivity contribution is 6.40. The number of carbonyl (C=O) groups excluding carboxylic acids is 1. The summed E-state index contributed by atoms with van der Waals surface area (Å²) >= 11 is 12.4. The summed E-state index contributed by atoms with van der Waals surface area (Å²) in [6.07, 6.45) is 1.03. The number of halogens is 2. The lowest BCUT2D eigenvalue weighted by Crippen LogP contribution is -2.28. The van der Waals surface area contributed by atoms with Gasteiger partial charge in [-0.1, -0.05) is 60.7 Å². The molecule has 0 saturated heterocycles. The van der Waals surface area contributed by atoms with Gasteiger partial charge in [-0.15, -0.1) is 23.2 Å². The molecule has 0 N–H and O–H groups in total. The van der Waals surface area contributed by atoms with Gasteiger partial charge in [-0.2, -0.15) is 0 Å². The summed E-state index contributed by atoms with van der Waals surface area (Å²) in [6, 6.07) is 19.5. The van der Waals surface area contributed by atoms with Crippen molar-refractivity contribution in [3.05, 3.63) is 71.8 Å². The van der Waals surface area contributed by atoms with Crippen molar-refractivity contribution in [1.29, 1.82) is 0 Å². The van der Waals surface area contributed by atoms with E-state index in [1.165, 1.54) is 0 Å². The molecule has 3 heteroatoms. The van der Waals surface area contributed by atoms with E-state index in [2.05, 4.69) is 0 Å². The maximum absolute atomic E-state index is 12.2. The standard InChI is InChI=1S/C17H16Cl2O/c18-15(11-13-7-3-1-4-8-13)17(20)16(19)12-14-9-5-2-6-10-14/h1-10,15-16H,11-12H2. The van der Waals surface area contributed by atoms with E-state index in [1.807, 2.05) is 60.7 Å². The Labute approximate surface area is 129 Å². The van der Waals surface area contributed by atoms with Crippen molar-refractivity contribution < 1.29 is 4.79 Å². The highest BCUT2D eigenvalue weighted by Crippen LogP contribution is 2.16. The molecule has 0 amide bonds. The zero-order valence-electron chi connectivity index (χ0n) is 11.0. The van der Waals surface area contributed by atoms with E-state index < -0.39 is 10.8 Å². The molecule has 0 aliphatic rings. The van der Waals surface area contributed by atoms with Crippen LogP contribution in [0.3, 0.4) is 0 Å². The molecule has 0 aliphatic carbocycles. The number of Topliss-reactive ketones (excluding diaryl/α,β-unsaturated/α-hetero) is 1. The Balaban J connectivity index is 1.93. The largest absolute Gasteiger partial charge is 0.296 e. The first-order valence-electron chi connectivity index (χ1n) is 6.56. The molecule has 2 unspecified atom stereocenters. The van der Waals surface area contributed by atoms with Gasteiger partial charge in [-0.25, -0.2) is 0 Å². The molecule has 2 atom stereocenters. The van der Waals surface area contributed by atoms with Crippen LogP contribution in [0.4, 0.5) is 0 Å². The highest BCUT2D eigenvalue weighted by Gasteiger charge is 2.24. The number of carbonyl (C=O) groups is 1. The molecule has 0 aromatic heterocycles. The Morgan fingerprint density at radius 1 is 0.750 bits per heavy atom. The quantitative estimate of drug-likeness (QED) is 0.729. The van der Waals surface area contributed by atoms with E-state index in [1.54, 1.807) is 0 Å². The Bertz CT molecular complexity index is 490. The van der Waals surface area contributed by atoms with Crippen LogP contribution in [-0.2, 0) is 17.6 Å². The molecular formula is C17H16Cl2O. The molecule has 0 radical (unpaired) electrons. The topological polar surface area (TPSA) is 17.1 Å². The summed E-state index contributed by atoms with van der Waals surface area (Å²) in [5.41, 5.74) is 2.09. The first-order chi connectivity index (χ1) is 9.66. The van der Waals surface area contributed by atoms with Crippen molar-refractivity contribution >= 4 is 29.0 Å². The average Bonchev–Trinajstić information content (AvgIpc) is 2.48. The van der Waals surface area contributed by atoms with Gasteiger partial charge in [0, 0.05) is 0 Å². The fourth-order valence-corrected chi connectivity index (χ4v) is 2.76. The molecule has 20 heavy (non-hydrogen) atoms. The Hall–Kier alpha value is -1.31. The smallest absolute Gasteiger partial charge is 0.169 e. The molecule has 2 rings (SSSR count). The Morgan fingerprint density at radius 3 is 1.45 bits per heavy atom. The molecule has 0 spiro atoms. The first-order valence-corrected chi connectivity index (χ1v) is 7.44. The monoisotopic (exact) mass is 306 g/mol. The summed E-state index contributed by atoms with van der Waals surface area (Å²) < 4.78 is 0. The van der Waals surface area contributed by atoms with Gasteiger partial charge in [0.15, 0.2) is 5.78 Å². The fourth-order valence-electron chi connectivity index (χ4n) is 2.04. The summed E-state index contributed by atoms with van der Waals surface area (Å²) in [5.74, 6) is -0.110. The van der Waals surface area contributed by atoms with Crippen molar-refractivity contribution in [2.24, 2.45) is 0 Å². The van der Waals surface area contributed by atoms with E-state index in [0.717, 1.165) is 11.1 Å². The van der Waals surface area contributed by atoms with Crippen molar-refractivity contribution in [3.63, 3.8) is 0 Å². The molecule has 104 valence electrons. The normalized spacial score (nSPS) is 13.7. The maximum atomic E-state index is 12.2. The number of hydrogen-bond acceptors (Lipinski definition) is 1. The average molecular weight is 307 g/mol. The van der Waals surface area contributed by atoms with Gasteiger partial charge >= 0.3 is 0 Å². The summed E-state index contributed by atoms with van der Waals surface area (Å²) in [4.78, 5) is 12.2. The van der Waals surface area contributed by atoms with Crippen LogP contribution in [0.2, 0.25) is 0 Å². The third-order valence-electron chi connectivity index (χ3n) is 3.13. The fraction of sp³-hybridized carbons (Fsp3) is 0.235. The van der Waals surface area contributed by atoms with Crippen molar-refractivity contribution in [2.45, 2.75) is 23.6 Å². The third-order valence-corrected chi connectivity index (χ3v) is 3.87. The summed E-state index contributed by atoms with van der Waals surface area (Å²) in [5, 5.41) is -1.16. The summed E-state index contributed by atoms with van der Waals surface area (Å²) in [7, 11) is 0. The lowest BCUT2D eigenvalue weighted by atomic mass is 10.0. The highest BCUT2D eigenvalue weighted by atomic mass is 35.5. The number of hydrogen-bond donors (Lipinski definition) is 0. The van der Waals surface area contributed by atoms with Crippen LogP contribution in [0, 0.1) is 0 Å². The van der Waals surface area contributed by atoms with E-state index in [-0.39, 0.29) is 5.78 Å². The molecule has 0 heterocycles. The third kappa shape index (κ3) is 4.36. The van der Waals surface area contributed by atoms with Crippen LogP contribution in [0.15, 0.2) is 60.7 Å². The second kappa shape index (κ2) is 7.47. The number of ketones is 1. The SMILES string of the molecule is O=C(C(Cl)Cc1ccccc1)C(Cl)Cc1ccccc1.